The number of aliphatic imine (C=N–C) groups is 1. The van der Waals surface area contributed by atoms with E-state index in [2.05, 4.69) is 21.9 Å². The molecular formula is C19H21FN4O2S. The number of ether oxygens (including phenoxy) is 1. The van der Waals surface area contributed by atoms with E-state index in [4.69, 9.17) is 10.5 Å². The van der Waals surface area contributed by atoms with Crippen LogP contribution in [0.15, 0.2) is 41.7 Å². The summed E-state index contributed by atoms with van der Waals surface area (Å²) in [7, 11) is 0. The smallest absolute Gasteiger partial charge is 0.228 e. The second kappa shape index (κ2) is 8.04. The Morgan fingerprint density at radius 2 is 2.22 bits per heavy atom. The maximum absolute atomic E-state index is 12.5. The molecule has 1 aliphatic heterocycles. The minimum absolute atomic E-state index is 0.139. The third kappa shape index (κ3) is 4.63. The van der Waals surface area contributed by atoms with Crippen LogP contribution in [0.3, 0.4) is 0 Å². The minimum Gasteiger partial charge on any atom is -0.461 e. The fourth-order valence-electron chi connectivity index (χ4n) is 3.13. The van der Waals surface area contributed by atoms with Gasteiger partial charge in [0.15, 0.2) is 11.0 Å². The molecule has 0 fully saturated rings. The number of carbonyl (C=O) groups excluding carboxylic acids is 1. The summed E-state index contributed by atoms with van der Waals surface area (Å²) in [6.07, 6.45) is 4.03. The molecule has 3 heterocycles. The van der Waals surface area contributed by atoms with Crippen LogP contribution in [0.2, 0.25) is 0 Å². The number of nitrogens with two attached hydrogens (primary N) is 1. The number of rotatable bonds is 6. The first-order chi connectivity index (χ1) is 12.9. The molecule has 142 valence electrons. The van der Waals surface area contributed by atoms with Gasteiger partial charge in [0.25, 0.3) is 0 Å². The van der Waals surface area contributed by atoms with Crippen LogP contribution in [0.5, 0.6) is 5.75 Å². The van der Waals surface area contributed by atoms with Crippen LogP contribution in [0.4, 0.5) is 4.39 Å². The van der Waals surface area contributed by atoms with Gasteiger partial charge in [0.1, 0.15) is 17.0 Å². The predicted molar refractivity (Wildman–Crippen MR) is 104 cm³/mol. The van der Waals surface area contributed by atoms with Gasteiger partial charge in [-0.05, 0) is 43.2 Å². The van der Waals surface area contributed by atoms with Crippen molar-refractivity contribution in [3.63, 3.8) is 0 Å². The third-order valence-electron chi connectivity index (χ3n) is 4.35. The molecule has 3 rings (SSSR count). The Morgan fingerprint density at radius 3 is 2.89 bits per heavy atom. The zero-order valence-electron chi connectivity index (χ0n) is 15.2. The summed E-state index contributed by atoms with van der Waals surface area (Å²) in [4.78, 5) is 25.6. The van der Waals surface area contributed by atoms with E-state index in [0.29, 0.717) is 16.1 Å². The van der Waals surface area contributed by atoms with E-state index in [1.54, 1.807) is 24.0 Å². The van der Waals surface area contributed by atoms with Crippen molar-refractivity contribution < 1.29 is 13.9 Å². The number of carbonyl (C=O) groups is 1. The quantitative estimate of drug-likeness (QED) is 0.764. The summed E-state index contributed by atoms with van der Waals surface area (Å²) >= 11 is 1.56. The van der Waals surface area contributed by atoms with Gasteiger partial charge < -0.3 is 10.5 Å². The van der Waals surface area contributed by atoms with Crippen molar-refractivity contribution in [1.29, 1.82) is 0 Å². The number of ketones is 1. The highest BCUT2D eigenvalue weighted by Crippen LogP contribution is 2.37. The summed E-state index contributed by atoms with van der Waals surface area (Å²) in [6, 6.07) is 6.76. The Kier molecular flexibility index (Phi) is 5.74. The van der Waals surface area contributed by atoms with Crippen molar-refractivity contribution in [3.05, 3.63) is 53.6 Å². The van der Waals surface area contributed by atoms with Gasteiger partial charge in [-0.1, -0.05) is 18.7 Å². The van der Waals surface area contributed by atoms with E-state index in [9.17, 15) is 9.18 Å². The van der Waals surface area contributed by atoms with Crippen LogP contribution in [0, 0.1) is 0 Å². The van der Waals surface area contributed by atoms with Crippen molar-refractivity contribution in [2.75, 3.05) is 6.86 Å². The molecule has 0 spiro atoms. The first kappa shape index (κ1) is 19.3. The van der Waals surface area contributed by atoms with Crippen LogP contribution >= 0.6 is 11.8 Å². The molecule has 0 bridgehead atoms. The van der Waals surface area contributed by atoms with E-state index in [-0.39, 0.29) is 18.0 Å². The predicted octanol–water partition coefficient (Wildman–Crippen LogP) is 3.26. The summed E-state index contributed by atoms with van der Waals surface area (Å²) in [5.74, 6) is 0.146. The number of hydrogen-bond acceptors (Lipinski definition) is 7. The Morgan fingerprint density at radius 1 is 1.41 bits per heavy atom. The highest BCUT2D eigenvalue weighted by molar-refractivity contribution is 8.14. The second-order valence-corrected chi connectivity index (χ2v) is 8.10. The number of pyridine rings is 2. The average molecular weight is 388 g/mol. The average Bonchev–Trinajstić information content (AvgIpc) is 2.62. The molecule has 2 N–H and O–H groups in total. The van der Waals surface area contributed by atoms with Crippen molar-refractivity contribution in [1.82, 2.24) is 9.97 Å². The van der Waals surface area contributed by atoms with Crippen molar-refractivity contribution in [2.24, 2.45) is 10.7 Å². The monoisotopic (exact) mass is 388 g/mol. The molecule has 6 nitrogen and oxygen atoms in total. The maximum atomic E-state index is 12.5. The number of hydrogen-bond donors (Lipinski definition) is 1. The van der Waals surface area contributed by atoms with Gasteiger partial charge in [-0.15, -0.1) is 0 Å². The normalized spacial score (nSPS) is 22.2. The molecule has 0 aromatic carbocycles. The molecule has 0 radical (unpaired) electrons. The molecule has 0 unspecified atom stereocenters. The summed E-state index contributed by atoms with van der Waals surface area (Å²) < 4.78 is 16.9. The molecule has 0 saturated heterocycles. The Hall–Kier alpha value is -2.48. The van der Waals surface area contributed by atoms with E-state index >= 15 is 0 Å². The van der Waals surface area contributed by atoms with E-state index < -0.39 is 12.4 Å². The fourth-order valence-corrected chi connectivity index (χ4v) is 4.21. The lowest BCUT2D eigenvalue weighted by molar-refractivity contribution is 0.0988. The van der Waals surface area contributed by atoms with Gasteiger partial charge >= 0.3 is 0 Å². The molecular weight excluding hydrogens is 367 g/mol. The molecule has 2 atom stereocenters. The number of aromatic nitrogens is 2. The zero-order valence-corrected chi connectivity index (χ0v) is 16.0. The highest BCUT2D eigenvalue weighted by Gasteiger charge is 2.34. The van der Waals surface area contributed by atoms with Gasteiger partial charge in [-0.2, -0.15) is 0 Å². The van der Waals surface area contributed by atoms with Crippen LogP contribution in [0.1, 0.15) is 42.0 Å². The third-order valence-corrected chi connectivity index (χ3v) is 5.25. The number of thioether (sulfide) groups is 1. The molecule has 1 aliphatic rings. The van der Waals surface area contributed by atoms with Gasteiger partial charge in [0.2, 0.25) is 6.86 Å². The lowest BCUT2D eigenvalue weighted by Crippen LogP contribution is -2.33. The van der Waals surface area contributed by atoms with E-state index in [1.165, 1.54) is 18.3 Å². The van der Waals surface area contributed by atoms with Crippen LogP contribution in [-0.2, 0) is 12.0 Å². The topological polar surface area (TPSA) is 90.5 Å². The summed E-state index contributed by atoms with van der Waals surface area (Å²) in [5.41, 5.74) is 7.38. The zero-order chi connectivity index (χ0) is 19.4. The number of Topliss-reactive ketones (excluding diaryl/α,β-unsaturated/α-hetero) is 1. The van der Waals surface area contributed by atoms with Gasteiger partial charge in [0, 0.05) is 17.9 Å². The van der Waals surface area contributed by atoms with Crippen LogP contribution < -0.4 is 10.5 Å². The molecule has 0 amide bonds. The first-order valence-corrected chi connectivity index (χ1v) is 9.43. The lowest BCUT2D eigenvalue weighted by Gasteiger charge is -2.32. The number of nitrogens with zero attached hydrogens (tertiary/aromatic N) is 3. The largest absolute Gasteiger partial charge is 0.461 e. The molecule has 8 heteroatoms. The van der Waals surface area contributed by atoms with E-state index in [0.717, 1.165) is 17.7 Å². The molecule has 2 aromatic heterocycles. The highest BCUT2D eigenvalue weighted by atomic mass is 32.2. The Bertz CT molecular complexity index is 859. The number of amidine groups is 1. The second-order valence-electron chi connectivity index (χ2n) is 6.64. The van der Waals surface area contributed by atoms with Crippen LogP contribution in [0.25, 0.3) is 0 Å². The van der Waals surface area contributed by atoms with Gasteiger partial charge in [0.05, 0.1) is 11.9 Å². The van der Waals surface area contributed by atoms with Gasteiger partial charge in [-0.25, -0.2) is 14.4 Å². The molecule has 27 heavy (non-hydrogen) atoms. The molecule has 0 saturated carbocycles. The van der Waals surface area contributed by atoms with Gasteiger partial charge in [-0.3, -0.25) is 9.78 Å². The number of alkyl halides is 1. The maximum Gasteiger partial charge on any atom is 0.228 e. The summed E-state index contributed by atoms with van der Waals surface area (Å²) in [5, 5.41) is 0.896. The standard InChI is InChI=1S/C19H21FN4O2S/c1-12-9-19(2,24-18(21)27-12)17-8-13(5-6-22-17)7-16(25)15-4-3-14(10-23-15)26-11-20/h3-6,8,10,12H,7,9,11H2,1-2H3,(H2,21,24)/t12-,19+/m1/s1. The SMILES string of the molecule is C[C@@H]1C[C@@](C)(c2cc(CC(=O)c3ccc(OCF)cn3)ccn2)N=C(N)S1. The molecule has 2 aromatic rings. The van der Waals surface area contributed by atoms with Crippen molar-refractivity contribution in [2.45, 2.75) is 37.5 Å². The van der Waals surface area contributed by atoms with Crippen LogP contribution in [-0.4, -0.2) is 33.0 Å². The van der Waals surface area contributed by atoms with Crippen molar-refractivity contribution in [3.8, 4) is 5.75 Å². The van der Waals surface area contributed by atoms with Crippen molar-refractivity contribution >= 4 is 22.7 Å². The first-order valence-electron chi connectivity index (χ1n) is 8.55. The Balaban J connectivity index is 1.77. The van der Waals surface area contributed by atoms with E-state index in [1.807, 2.05) is 13.0 Å². The summed E-state index contributed by atoms with van der Waals surface area (Å²) in [6.45, 7) is 3.19. The molecule has 0 aliphatic carbocycles. The lowest BCUT2D eigenvalue weighted by atomic mass is 9.90. The minimum atomic E-state index is -0.933. The number of halogens is 1. The fraction of sp³-hybridized carbons (Fsp3) is 0.368. The Labute approximate surface area is 161 Å².